The molecule has 0 saturated heterocycles. The van der Waals surface area contributed by atoms with Crippen molar-refractivity contribution in [1.29, 1.82) is 0 Å². The average Bonchev–Trinajstić information content (AvgIpc) is 3.61. The number of oxazole rings is 1. The molecule has 8 heteroatoms. The Balaban J connectivity index is 1.27. The largest absolute Gasteiger partial charge is 0.468 e. The van der Waals surface area contributed by atoms with Crippen molar-refractivity contribution in [3.63, 3.8) is 0 Å². The van der Waals surface area contributed by atoms with Gasteiger partial charge >= 0.3 is 12.1 Å². The molecule has 0 aliphatic heterocycles. The standard InChI is InChI=1S/C29H25ClN2O5/c1-18(23-5-3-4-6-24(23)30)37-28(34)32-26-25(36-17-31-26)21-9-7-19(8-10-21)20-11-13-22(14-12-20)29(15-16-29)27(33)35-2/h3-14,17-18H,15-16H2,1-2H3,(H,32,34). The Morgan fingerprint density at radius 3 is 2.22 bits per heavy atom. The summed E-state index contributed by atoms with van der Waals surface area (Å²) in [6.45, 7) is 1.75. The van der Waals surface area contributed by atoms with E-state index in [1.807, 2.05) is 60.7 Å². The second kappa shape index (κ2) is 10.1. The van der Waals surface area contributed by atoms with E-state index >= 15 is 0 Å². The first-order chi connectivity index (χ1) is 17.9. The van der Waals surface area contributed by atoms with Gasteiger partial charge in [-0.25, -0.2) is 4.79 Å². The van der Waals surface area contributed by atoms with Crippen LogP contribution in [0.2, 0.25) is 5.02 Å². The van der Waals surface area contributed by atoms with Crippen LogP contribution in [0, 0.1) is 0 Å². The second-order valence-electron chi connectivity index (χ2n) is 8.95. The molecule has 0 spiro atoms. The summed E-state index contributed by atoms with van der Waals surface area (Å²) >= 11 is 6.20. The number of nitrogens with zero attached hydrogens (tertiary/aromatic N) is 1. The monoisotopic (exact) mass is 516 g/mol. The molecule has 1 fully saturated rings. The first-order valence-corrected chi connectivity index (χ1v) is 12.2. The topological polar surface area (TPSA) is 90.7 Å². The molecule has 188 valence electrons. The summed E-state index contributed by atoms with van der Waals surface area (Å²) in [6.07, 6.45) is 1.68. The zero-order valence-electron chi connectivity index (χ0n) is 20.4. The Morgan fingerprint density at radius 1 is 0.973 bits per heavy atom. The Labute approximate surface area is 219 Å². The maximum Gasteiger partial charge on any atom is 0.413 e. The zero-order valence-corrected chi connectivity index (χ0v) is 21.1. The fourth-order valence-electron chi connectivity index (χ4n) is 4.42. The van der Waals surface area contributed by atoms with Gasteiger partial charge < -0.3 is 13.9 Å². The van der Waals surface area contributed by atoms with Gasteiger partial charge in [0.25, 0.3) is 0 Å². The van der Waals surface area contributed by atoms with Crippen molar-refractivity contribution >= 4 is 29.5 Å². The number of hydrogen-bond acceptors (Lipinski definition) is 6. The minimum atomic E-state index is -0.667. The van der Waals surface area contributed by atoms with Crippen LogP contribution in [-0.4, -0.2) is 24.2 Å². The average molecular weight is 517 g/mol. The summed E-state index contributed by atoms with van der Waals surface area (Å²) in [5.74, 6) is 0.493. The molecule has 1 aliphatic carbocycles. The van der Waals surface area contributed by atoms with E-state index in [0.29, 0.717) is 16.3 Å². The molecule has 1 saturated carbocycles. The lowest BCUT2D eigenvalue weighted by Crippen LogP contribution is -2.21. The summed E-state index contributed by atoms with van der Waals surface area (Å²) in [7, 11) is 1.43. The van der Waals surface area contributed by atoms with Gasteiger partial charge in [0.2, 0.25) is 0 Å². The van der Waals surface area contributed by atoms with E-state index in [4.69, 9.17) is 25.5 Å². The number of halogens is 1. The molecule has 3 aromatic carbocycles. The van der Waals surface area contributed by atoms with E-state index in [2.05, 4.69) is 10.3 Å². The normalized spacial score (nSPS) is 14.5. The number of esters is 1. The maximum atomic E-state index is 12.5. The molecule has 1 atom stereocenters. The molecule has 1 heterocycles. The third-order valence-electron chi connectivity index (χ3n) is 6.66. The van der Waals surface area contributed by atoms with Gasteiger partial charge in [0.05, 0.1) is 12.5 Å². The lowest BCUT2D eigenvalue weighted by Gasteiger charge is -2.15. The van der Waals surface area contributed by atoms with E-state index in [-0.39, 0.29) is 11.8 Å². The number of carbonyl (C=O) groups excluding carboxylic acids is 2. The van der Waals surface area contributed by atoms with Crippen molar-refractivity contribution < 1.29 is 23.5 Å². The van der Waals surface area contributed by atoms with Gasteiger partial charge in [0, 0.05) is 16.1 Å². The van der Waals surface area contributed by atoms with Crippen molar-refractivity contribution in [2.45, 2.75) is 31.3 Å². The fourth-order valence-corrected chi connectivity index (χ4v) is 4.71. The summed E-state index contributed by atoms with van der Waals surface area (Å²) in [5, 5.41) is 3.17. The van der Waals surface area contributed by atoms with Crippen molar-refractivity contribution in [3.8, 4) is 22.5 Å². The van der Waals surface area contributed by atoms with Gasteiger partial charge in [-0.1, -0.05) is 78.3 Å². The molecule has 1 aliphatic rings. The van der Waals surface area contributed by atoms with E-state index < -0.39 is 17.6 Å². The summed E-state index contributed by atoms with van der Waals surface area (Å²) < 4.78 is 16.0. The number of ether oxygens (including phenoxy) is 2. The molecular formula is C29H25ClN2O5. The number of nitrogens with one attached hydrogen (secondary N) is 1. The van der Waals surface area contributed by atoms with Gasteiger partial charge in [-0.15, -0.1) is 0 Å². The molecule has 37 heavy (non-hydrogen) atoms. The number of amides is 1. The molecule has 1 unspecified atom stereocenters. The number of benzene rings is 3. The number of methoxy groups -OCH3 is 1. The summed E-state index contributed by atoms with van der Waals surface area (Å²) in [4.78, 5) is 28.8. The van der Waals surface area contributed by atoms with Crippen LogP contribution in [0.15, 0.2) is 83.6 Å². The Kier molecular flexibility index (Phi) is 6.72. The number of rotatable bonds is 7. The Hall–Kier alpha value is -4.10. The van der Waals surface area contributed by atoms with E-state index in [1.54, 1.807) is 19.1 Å². The first kappa shape index (κ1) is 24.6. The van der Waals surface area contributed by atoms with Crippen LogP contribution in [0.4, 0.5) is 10.6 Å². The van der Waals surface area contributed by atoms with Gasteiger partial charge in [-0.05, 0) is 42.5 Å². The smallest absolute Gasteiger partial charge is 0.413 e. The Morgan fingerprint density at radius 2 is 1.59 bits per heavy atom. The molecular weight excluding hydrogens is 492 g/mol. The summed E-state index contributed by atoms with van der Waals surface area (Å²) in [5.41, 5.74) is 3.96. The van der Waals surface area contributed by atoms with Crippen LogP contribution in [0.1, 0.15) is 37.0 Å². The quantitative estimate of drug-likeness (QED) is 0.262. The van der Waals surface area contributed by atoms with Crippen molar-refractivity contribution in [1.82, 2.24) is 4.98 Å². The SMILES string of the molecule is COC(=O)C1(c2ccc(-c3ccc(-c4ocnc4NC(=O)OC(C)c4ccccc4Cl)cc3)cc2)CC1. The molecule has 0 bridgehead atoms. The number of carbonyl (C=O) groups is 2. The molecule has 1 aromatic heterocycles. The van der Waals surface area contributed by atoms with Gasteiger partial charge in [0.1, 0.15) is 6.10 Å². The Bertz CT molecular complexity index is 1430. The lowest BCUT2D eigenvalue weighted by molar-refractivity contribution is -0.143. The van der Waals surface area contributed by atoms with E-state index in [9.17, 15) is 9.59 Å². The fraction of sp³-hybridized carbons (Fsp3) is 0.207. The van der Waals surface area contributed by atoms with Crippen LogP contribution < -0.4 is 5.32 Å². The second-order valence-corrected chi connectivity index (χ2v) is 9.36. The number of anilines is 1. The highest BCUT2D eigenvalue weighted by Gasteiger charge is 2.52. The molecule has 1 amide bonds. The number of hydrogen-bond donors (Lipinski definition) is 1. The van der Waals surface area contributed by atoms with Crippen LogP contribution in [0.3, 0.4) is 0 Å². The third kappa shape index (κ3) is 4.95. The third-order valence-corrected chi connectivity index (χ3v) is 7.00. The van der Waals surface area contributed by atoms with E-state index in [1.165, 1.54) is 13.5 Å². The van der Waals surface area contributed by atoms with Crippen LogP contribution in [-0.2, 0) is 19.7 Å². The minimum Gasteiger partial charge on any atom is -0.468 e. The van der Waals surface area contributed by atoms with Crippen LogP contribution >= 0.6 is 11.6 Å². The highest BCUT2D eigenvalue weighted by Crippen LogP contribution is 2.49. The van der Waals surface area contributed by atoms with Crippen molar-refractivity contribution in [3.05, 3.63) is 95.3 Å². The highest BCUT2D eigenvalue weighted by atomic mass is 35.5. The minimum absolute atomic E-state index is 0.178. The van der Waals surface area contributed by atoms with Crippen LogP contribution in [0.5, 0.6) is 0 Å². The van der Waals surface area contributed by atoms with Gasteiger partial charge in [-0.2, -0.15) is 4.98 Å². The van der Waals surface area contributed by atoms with Crippen LogP contribution in [0.25, 0.3) is 22.5 Å². The predicted molar refractivity (Wildman–Crippen MR) is 140 cm³/mol. The molecule has 5 rings (SSSR count). The lowest BCUT2D eigenvalue weighted by atomic mass is 9.93. The highest BCUT2D eigenvalue weighted by molar-refractivity contribution is 6.31. The predicted octanol–water partition coefficient (Wildman–Crippen LogP) is 7.18. The molecule has 1 N–H and O–H groups in total. The van der Waals surface area contributed by atoms with Crippen molar-refractivity contribution in [2.75, 3.05) is 12.4 Å². The van der Waals surface area contributed by atoms with Gasteiger partial charge in [0.15, 0.2) is 18.0 Å². The number of aromatic nitrogens is 1. The van der Waals surface area contributed by atoms with Gasteiger partial charge in [-0.3, -0.25) is 10.1 Å². The zero-order chi connectivity index (χ0) is 26.0. The molecule has 0 radical (unpaired) electrons. The molecule has 7 nitrogen and oxygen atoms in total. The first-order valence-electron chi connectivity index (χ1n) is 11.9. The van der Waals surface area contributed by atoms with E-state index in [0.717, 1.165) is 35.1 Å². The molecule has 4 aromatic rings. The summed E-state index contributed by atoms with van der Waals surface area (Å²) in [6, 6.07) is 22.9. The maximum absolute atomic E-state index is 12.5. The van der Waals surface area contributed by atoms with Crippen molar-refractivity contribution in [2.24, 2.45) is 0 Å².